The highest BCUT2D eigenvalue weighted by Crippen LogP contribution is 2.27. The van der Waals surface area contributed by atoms with Crippen molar-refractivity contribution in [2.24, 2.45) is 15.3 Å². The predicted molar refractivity (Wildman–Crippen MR) is 159 cm³/mol. The quantitative estimate of drug-likeness (QED) is 0.189. The van der Waals surface area contributed by atoms with Gasteiger partial charge in [-0.15, -0.1) is 15.7 Å². The molecule has 12 nitrogen and oxygen atoms in total. The van der Waals surface area contributed by atoms with Gasteiger partial charge in [-0.2, -0.15) is 8.42 Å². The average molecular weight is 613 g/mol. The number of carbonyl (C=O) groups is 3. The number of likely N-dealkylation sites (tertiary alicyclic amines) is 1. The summed E-state index contributed by atoms with van der Waals surface area (Å²) in [6.45, 7) is 1.85. The van der Waals surface area contributed by atoms with Crippen molar-refractivity contribution in [3.63, 3.8) is 0 Å². The molecule has 14 heteroatoms. The van der Waals surface area contributed by atoms with Crippen LogP contribution in [0.25, 0.3) is 0 Å². The summed E-state index contributed by atoms with van der Waals surface area (Å²) in [6, 6.07) is 16.6. The van der Waals surface area contributed by atoms with E-state index in [0.29, 0.717) is 46.8 Å². The molecule has 0 bridgehead atoms. The summed E-state index contributed by atoms with van der Waals surface area (Å²) in [5.41, 5.74) is 6.43. The van der Waals surface area contributed by atoms with E-state index in [1.54, 1.807) is 40.6 Å². The Morgan fingerprint density at radius 2 is 1.71 bits per heavy atom. The van der Waals surface area contributed by atoms with Gasteiger partial charge in [0, 0.05) is 27.4 Å². The number of thiophene rings is 1. The van der Waals surface area contributed by atoms with Crippen LogP contribution in [-0.4, -0.2) is 55.5 Å². The lowest BCUT2D eigenvalue weighted by Gasteiger charge is -2.29. The number of nitrogens with two attached hydrogens (primary N) is 2. The van der Waals surface area contributed by atoms with E-state index in [1.807, 2.05) is 37.3 Å². The lowest BCUT2D eigenvalue weighted by atomic mass is 10.1. The molecule has 0 aliphatic carbocycles. The second-order valence-corrected chi connectivity index (χ2v) is 11.8. The molecule has 42 heavy (non-hydrogen) atoms. The summed E-state index contributed by atoms with van der Waals surface area (Å²) in [4.78, 5) is 41.3. The van der Waals surface area contributed by atoms with Crippen LogP contribution in [0.2, 0.25) is 0 Å². The van der Waals surface area contributed by atoms with Crippen LogP contribution >= 0.6 is 11.3 Å². The van der Waals surface area contributed by atoms with E-state index in [4.69, 9.17) is 15.6 Å². The van der Waals surface area contributed by atoms with Crippen molar-refractivity contribution in [3.8, 4) is 11.5 Å². The van der Waals surface area contributed by atoms with E-state index < -0.39 is 22.2 Å². The zero-order chi connectivity index (χ0) is 30.3. The molecule has 1 saturated heterocycles. The van der Waals surface area contributed by atoms with E-state index in [2.05, 4.69) is 15.0 Å². The van der Waals surface area contributed by atoms with Crippen molar-refractivity contribution in [1.29, 1.82) is 0 Å². The number of nitrogens with one attached hydrogen (secondary N) is 2. The van der Waals surface area contributed by atoms with Crippen molar-refractivity contribution in [2.75, 3.05) is 6.54 Å². The number of rotatable bonds is 11. The first-order valence-electron chi connectivity index (χ1n) is 13.2. The van der Waals surface area contributed by atoms with E-state index >= 15 is 0 Å². The van der Waals surface area contributed by atoms with Gasteiger partial charge in [0.25, 0.3) is 5.91 Å². The summed E-state index contributed by atoms with van der Waals surface area (Å²) in [5, 5.41) is 12.0. The van der Waals surface area contributed by atoms with Gasteiger partial charge in [0.1, 0.15) is 23.4 Å². The Morgan fingerprint density at radius 1 is 1.02 bits per heavy atom. The number of nitrogens with zero attached hydrogens (tertiary/aromatic N) is 2. The number of amidine groups is 1. The van der Waals surface area contributed by atoms with Gasteiger partial charge in [-0.05, 0) is 61.7 Å². The van der Waals surface area contributed by atoms with Crippen LogP contribution in [0, 0.1) is 0 Å². The molecule has 2 unspecified atom stereocenters. The third kappa shape index (κ3) is 8.15. The lowest BCUT2D eigenvalue weighted by molar-refractivity contribution is -0.139. The zero-order valence-electron chi connectivity index (χ0n) is 22.9. The highest BCUT2D eigenvalue weighted by atomic mass is 32.2. The van der Waals surface area contributed by atoms with Crippen LogP contribution < -0.4 is 26.2 Å². The smallest absolute Gasteiger partial charge is 0.319 e. The molecule has 3 aromatic rings. The van der Waals surface area contributed by atoms with E-state index in [1.165, 1.54) is 11.3 Å². The SMILES string of the molecule is CCC1CCC(C(=O)NCc2cc(/C(N)=N/S(N)(=O)=O)cs2)N1C(=O)CNC(=O)c1ccc(Oc2ccccc2)cc1. The third-order valence-electron chi connectivity index (χ3n) is 6.67. The summed E-state index contributed by atoms with van der Waals surface area (Å²) >= 11 is 1.26. The van der Waals surface area contributed by atoms with Crippen LogP contribution in [0.5, 0.6) is 11.5 Å². The Hall–Kier alpha value is -4.27. The van der Waals surface area contributed by atoms with Crippen LogP contribution in [0.1, 0.15) is 47.0 Å². The zero-order valence-corrected chi connectivity index (χ0v) is 24.5. The molecule has 1 aliphatic rings. The Kier molecular flexibility index (Phi) is 9.93. The van der Waals surface area contributed by atoms with Gasteiger partial charge in [0.15, 0.2) is 0 Å². The van der Waals surface area contributed by atoms with Crippen molar-refractivity contribution < 1.29 is 27.5 Å². The maximum Gasteiger partial charge on any atom is 0.319 e. The fourth-order valence-electron chi connectivity index (χ4n) is 4.66. The van der Waals surface area contributed by atoms with Crippen molar-refractivity contribution >= 4 is 45.1 Å². The van der Waals surface area contributed by atoms with Gasteiger partial charge in [0.05, 0.1) is 13.1 Å². The number of hydrogen-bond acceptors (Lipinski definition) is 7. The maximum absolute atomic E-state index is 13.2. The molecule has 2 heterocycles. The number of amides is 3. The Bertz CT molecular complexity index is 1560. The minimum atomic E-state index is -4.13. The van der Waals surface area contributed by atoms with Crippen molar-refractivity contribution in [3.05, 3.63) is 82.0 Å². The van der Waals surface area contributed by atoms with Gasteiger partial charge in [-0.3, -0.25) is 14.4 Å². The largest absolute Gasteiger partial charge is 0.457 e. The van der Waals surface area contributed by atoms with Crippen LogP contribution in [0.4, 0.5) is 0 Å². The molecule has 2 atom stereocenters. The third-order valence-corrected chi connectivity index (χ3v) is 8.06. The monoisotopic (exact) mass is 612 g/mol. The molecule has 0 radical (unpaired) electrons. The van der Waals surface area contributed by atoms with Gasteiger partial charge < -0.3 is 26.0 Å². The molecule has 4 rings (SSSR count). The minimum Gasteiger partial charge on any atom is -0.457 e. The van der Waals surface area contributed by atoms with E-state index in [9.17, 15) is 22.8 Å². The summed E-state index contributed by atoms with van der Waals surface area (Å²) in [6.07, 6.45) is 1.83. The molecule has 1 fully saturated rings. The number of hydrogen-bond donors (Lipinski definition) is 4. The van der Waals surface area contributed by atoms with Gasteiger partial charge in [-0.1, -0.05) is 25.1 Å². The summed E-state index contributed by atoms with van der Waals surface area (Å²) < 4.78 is 31.3. The molecule has 6 N–H and O–H groups in total. The normalized spacial score (nSPS) is 17.1. The van der Waals surface area contributed by atoms with Crippen LogP contribution in [0.3, 0.4) is 0 Å². The topological polar surface area (TPSA) is 186 Å². The molecule has 1 aliphatic heterocycles. The average Bonchev–Trinajstić information content (AvgIpc) is 3.62. The molecule has 0 spiro atoms. The summed E-state index contributed by atoms with van der Waals surface area (Å²) in [7, 11) is -4.13. The second-order valence-electron chi connectivity index (χ2n) is 9.59. The Labute approximate surface area is 247 Å². The number of carbonyl (C=O) groups excluding carboxylic acids is 3. The molecule has 2 aromatic carbocycles. The number of ether oxygens (including phenoxy) is 1. The van der Waals surface area contributed by atoms with Gasteiger partial charge in [-0.25, -0.2) is 5.14 Å². The molecular formula is C28H32N6O6S2. The summed E-state index contributed by atoms with van der Waals surface area (Å²) in [5.74, 6) is -0.0772. The standard InChI is InChI=1S/C28H32N6O6S2/c1-2-20-10-13-24(28(37)31-15-23-14-19(17-41-23)26(29)33-42(30,38)39)34(20)25(35)16-32-27(36)18-8-11-22(12-9-18)40-21-6-4-3-5-7-21/h3-9,11-12,14,17,20,24H,2,10,13,15-16H2,1H3,(H2,29,33)(H,31,37)(H,32,36)(H2,30,38,39). The lowest BCUT2D eigenvalue weighted by Crippen LogP contribution is -2.51. The molecule has 0 saturated carbocycles. The first kappa shape index (κ1) is 30.7. The van der Waals surface area contributed by atoms with Crippen molar-refractivity contribution in [2.45, 2.75) is 44.8 Å². The first-order chi connectivity index (χ1) is 20.0. The van der Waals surface area contributed by atoms with Crippen molar-refractivity contribution in [1.82, 2.24) is 15.5 Å². The molecule has 3 amide bonds. The number of para-hydroxylation sites is 1. The minimum absolute atomic E-state index is 0.123. The fourth-order valence-corrected chi connectivity index (χ4v) is 5.85. The Morgan fingerprint density at radius 3 is 2.38 bits per heavy atom. The maximum atomic E-state index is 13.2. The van der Waals surface area contributed by atoms with E-state index in [-0.39, 0.29) is 36.8 Å². The second kappa shape index (κ2) is 13.6. The molecule has 222 valence electrons. The fraction of sp³-hybridized carbons (Fsp3) is 0.286. The highest BCUT2D eigenvalue weighted by Gasteiger charge is 2.39. The van der Waals surface area contributed by atoms with Crippen LogP contribution in [0.15, 0.2) is 70.4 Å². The first-order valence-corrected chi connectivity index (χ1v) is 15.6. The molecule has 1 aromatic heterocycles. The Balaban J connectivity index is 1.32. The highest BCUT2D eigenvalue weighted by molar-refractivity contribution is 7.88. The molecular weight excluding hydrogens is 580 g/mol. The number of benzene rings is 2. The van der Waals surface area contributed by atoms with Gasteiger partial charge in [0.2, 0.25) is 11.8 Å². The van der Waals surface area contributed by atoms with Gasteiger partial charge >= 0.3 is 10.2 Å². The predicted octanol–water partition coefficient (Wildman–Crippen LogP) is 2.27. The van der Waals surface area contributed by atoms with E-state index in [0.717, 1.165) is 0 Å². The van der Waals surface area contributed by atoms with Crippen LogP contribution in [-0.2, 0) is 26.3 Å².